The van der Waals surface area contributed by atoms with Crippen LogP contribution in [0.3, 0.4) is 0 Å². The van der Waals surface area contributed by atoms with Crippen molar-refractivity contribution in [1.82, 2.24) is 29.7 Å². The zero-order valence-electron chi connectivity index (χ0n) is 37.7. The van der Waals surface area contributed by atoms with Crippen LogP contribution in [-0.2, 0) is 49.3 Å². The molecular formula is C44H68N6O11. The summed E-state index contributed by atoms with van der Waals surface area (Å²) in [6, 6.07) is 2.18. The molecule has 1 amide bonds. The fourth-order valence-corrected chi connectivity index (χ4v) is 9.53. The largest absolute Gasteiger partial charge is 0.463 e. The van der Waals surface area contributed by atoms with Crippen molar-refractivity contribution in [2.24, 2.45) is 11.8 Å². The average Bonchev–Trinajstić information content (AvgIpc) is 3.80. The number of nitrogens with one attached hydrogen (secondary N) is 1. The third kappa shape index (κ3) is 11.0. The SMILES string of the molecule is CC[C@H]1OC(=O)[C@H](C)C(=O)[C@H](C)[C@@H](O[C@@H]2O[C@H](COC(C)=O)C[C@H](N(C)C)[C@H]2O)[C@@](C)(OC)C[C@@H](C)N[C@H](C)[C@H]2N(CCCCn3cnc(-c4cccnc4)c3)C(=O)O[C@]12C. The number of aromatic nitrogens is 3. The Kier molecular flexibility index (Phi) is 16.1. The fraction of sp³-hybridized carbons (Fsp3) is 0.727. The Morgan fingerprint density at radius 1 is 1.11 bits per heavy atom. The van der Waals surface area contributed by atoms with Gasteiger partial charge in [-0.15, -0.1) is 0 Å². The standard InChI is InChI=1S/C44H68N6O11/c1-12-35-44(8)38(50(42(55)61-44)19-14-13-18-49-23-33(46-25-49)31-16-15-17-45-22-31)29(5)47-26(2)21-43(7,56-11)39(27(3)36(52)28(4)40(54)59-35)60-41-37(53)34(48(9)10)20-32(58-41)24-57-30(6)51/h15-17,22-23,25-29,32,34-35,37-39,41,47,53H,12-14,18-21,24H2,1-11H3/t26-,27+,28-,29-,32+,34+,35-,37-,38-,39-,41+,43+,44-/m1/s1. The Labute approximate surface area is 360 Å². The second-order valence-corrected chi connectivity index (χ2v) is 17.7. The maximum Gasteiger partial charge on any atom is 0.410 e. The number of hydrogen-bond acceptors (Lipinski definition) is 15. The number of nitrogens with zero attached hydrogens (tertiary/aromatic N) is 5. The molecule has 0 spiro atoms. The summed E-state index contributed by atoms with van der Waals surface area (Å²) < 4.78 is 38.9. The van der Waals surface area contributed by atoms with Crippen molar-refractivity contribution in [2.75, 3.05) is 34.4 Å². The lowest BCUT2D eigenvalue weighted by atomic mass is 9.78. The van der Waals surface area contributed by atoms with E-state index in [1.54, 1.807) is 37.5 Å². The van der Waals surface area contributed by atoms with Gasteiger partial charge in [-0.05, 0) is 93.0 Å². The number of ether oxygens (including phenoxy) is 6. The van der Waals surface area contributed by atoms with Crippen LogP contribution in [0.25, 0.3) is 11.3 Å². The van der Waals surface area contributed by atoms with Crippen molar-refractivity contribution in [2.45, 2.75) is 160 Å². The number of esters is 2. The number of aliphatic hydroxyl groups excluding tert-OH is 1. The molecule has 17 heteroatoms. The van der Waals surface area contributed by atoms with Gasteiger partial charge in [-0.3, -0.25) is 24.3 Å². The molecule has 5 rings (SSSR count). The quantitative estimate of drug-likeness (QED) is 0.127. The number of carbonyl (C=O) groups is 4. The molecule has 2 N–H and O–H groups in total. The van der Waals surface area contributed by atoms with Crippen molar-refractivity contribution in [3.8, 4) is 11.3 Å². The first-order valence-electron chi connectivity index (χ1n) is 21.6. The van der Waals surface area contributed by atoms with E-state index in [0.717, 1.165) is 17.7 Å². The van der Waals surface area contributed by atoms with Gasteiger partial charge in [-0.25, -0.2) is 9.78 Å². The van der Waals surface area contributed by atoms with Crippen LogP contribution in [0.15, 0.2) is 37.1 Å². The number of likely N-dealkylation sites (N-methyl/N-ethyl adjacent to an activating group) is 1. The molecular weight excluding hydrogens is 789 g/mol. The second kappa shape index (κ2) is 20.5. The summed E-state index contributed by atoms with van der Waals surface area (Å²) >= 11 is 0. The van der Waals surface area contributed by atoms with Crippen molar-refractivity contribution in [3.05, 3.63) is 37.1 Å². The van der Waals surface area contributed by atoms with E-state index in [1.807, 2.05) is 69.6 Å². The average molecular weight is 857 g/mol. The molecule has 17 nitrogen and oxygen atoms in total. The van der Waals surface area contributed by atoms with Gasteiger partial charge in [0, 0.05) is 75.3 Å². The third-order valence-electron chi connectivity index (χ3n) is 12.8. The number of aryl methyl sites for hydroxylation is 1. The molecule has 3 aliphatic heterocycles. The Bertz CT molecular complexity index is 1800. The van der Waals surface area contributed by atoms with E-state index in [1.165, 1.54) is 21.0 Å². The number of Topliss-reactive ketones (excluding diaryl/α,β-unsaturated/α-hetero) is 1. The summed E-state index contributed by atoms with van der Waals surface area (Å²) in [6.45, 7) is 15.0. The van der Waals surface area contributed by atoms with Gasteiger partial charge in [0.1, 0.15) is 24.7 Å². The van der Waals surface area contributed by atoms with Gasteiger partial charge in [0.2, 0.25) is 0 Å². The number of amides is 1. The zero-order chi connectivity index (χ0) is 44.8. The van der Waals surface area contributed by atoms with Gasteiger partial charge in [0.15, 0.2) is 17.7 Å². The minimum absolute atomic E-state index is 0.0467. The highest BCUT2D eigenvalue weighted by molar-refractivity contribution is 6.00. The van der Waals surface area contributed by atoms with E-state index < -0.39 is 89.6 Å². The van der Waals surface area contributed by atoms with Gasteiger partial charge in [-0.2, -0.15) is 0 Å². The molecule has 5 heterocycles. The van der Waals surface area contributed by atoms with Gasteiger partial charge in [-0.1, -0.05) is 13.8 Å². The number of methoxy groups -OCH3 is 1. The number of ketones is 1. The lowest BCUT2D eigenvalue weighted by Gasteiger charge is -2.47. The first-order valence-corrected chi connectivity index (χ1v) is 21.6. The molecule has 61 heavy (non-hydrogen) atoms. The number of fused-ring (bicyclic) bond motifs is 1. The topological polar surface area (TPSA) is 193 Å². The molecule has 0 bridgehead atoms. The molecule has 0 radical (unpaired) electrons. The fourth-order valence-electron chi connectivity index (χ4n) is 9.53. The van der Waals surface area contributed by atoms with E-state index in [2.05, 4.69) is 15.3 Å². The normalized spacial score (nSPS) is 35.3. The van der Waals surface area contributed by atoms with E-state index in [0.29, 0.717) is 38.8 Å². The van der Waals surface area contributed by atoms with Gasteiger partial charge >= 0.3 is 18.0 Å². The molecule has 0 saturated carbocycles. The summed E-state index contributed by atoms with van der Waals surface area (Å²) in [6.07, 6.45) is 4.29. The summed E-state index contributed by atoms with van der Waals surface area (Å²) in [7, 11) is 5.19. The number of cyclic esters (lactones) is 1. The van der Waals surface area contributed by atoms with Crippen molar-refractivity contribution < 1.29 is 52.7 Å². The summed E-state index contributed by atoms with van der Waals surface area (Å²) in [4.78, 5) is 66.3. The summed E-state index contributed by atoms with van der Waals surface area (Å²) in [5, 5.41) is 15.3. The van der Waals surface area contributed by atoms with Crippen LogP contribution in [0.4, 0.5) is 4.79 Å². The smallest absolute Gasteiger partial charge is 0.410 e. The Morgan fingerprint density at radius 3 is 2.48 bits per heavy atom. The van der Waals surface area contributed by atoms with Crippen LogP contribution < -0.4 is 5.32 Å². The van der Waals surface area contributed by atoms with Gasteiger partial charge in [0.05, 0.1) is 35.9 Å². The number of pyridine rings is 1. The van der Waals surface area contributed by atoms with Crippen LogP contribution in [0.2, 0.25) is 0 Å². The molecule has 340 valence electrons. The van der Waals surface area contributed by atoms with Crippen LogP contribution in [0.5, 0.6) is 0 Å². The molecule has 3 aliphatic rings. The zero-order valence-corrected chi connectivity index (χ0v) is 37.7. The van der Waals surface area contributed by atoms with Crippen LogP contribution >= 0.6 is 0 Å². The maximum absolute atomic E-state index is 14.4. The highest BCUT2D eigenvalue weighted by Crippen LogP contribution is 2.40. The summed E-state index contributed by atoms with van der Waals surface area (Å²) in [5.41, 5.74) is -0.683. The van der Waals surface area contributed by atoms with Crippen molar-refractivity contribution in [3.63, 3.8) is 0 Å². The first kappa shape index (κ1) is 48.0. The number of unbranched alkanes of at least 4 members (excludes halogenated alkanes) is 1. The van der Waals surface area contributed by atoms with Crippen LogP contribution in [0.1, 0.15) is 87.5 Å². The second-order valence-electron chi connectivity index (χ2n) is 17.7. The highest BCUT2D eigenvalue weighted by Gasteiger charge is 2.59. The molecule has 2 aromatic heterocycles. The van der Waals surface area contributed by atoms with Crippen LogP contribution in [0, 0.1) is 11.8 Å². The van der Waals surface area contributed by atoms with Crippen molar-refractivity contribution >= 4 is 23.8 Å². The molecule has 3 saturated heterocycles. The van der Waals surface area contributed by atoms with Gasteiger partial charge < -0.3 is 48.3 Å². The molecule has 13 atom stereocenters. The number of aliphatic hydroxyl groups is 1. The minimum Gasteiger partial charge on any atom is -0.463 e. The number of hydrogen-bond donors (Lipinski definition) is 2. The van der Waals surface area contributed by atoms with Gasteiger partial charge in [0.25, 0.3) is 0 Å². The molecule has 0 unspecified atom stereocenters. The van der Waals surface area contributed by atoms with E-state index in [4.69, 9.17) is 28.4 Å². The Hall–Kier alpha value is -4.00. The Balaban J connectivity index is 1.41. The maximum atomic E-state index is 14.4. The number of carbonyl (C=O) groups excluding carboxylic acids is 4. The predicted molar refractivity (Wildman–Crippen MR) is 224 cm³/mol. The van der Waals surface area contributed by atoms with Crippen LogP contribution in [-0.4, -0.2) is 154 Å². The van der Waals surface area contributed by atoms with E-state index in [9.17, 15) is 24.3 Å². The first-order chi connectivity index (χ1) is 28.8. The molecule has 2 aromatic rings. The minimum atomic E-state index is -1.26. The van der Waals surface area contributed by atoms with E-state index >= 15 is 0 Å². The molecule has 3 fully saturated rings. The third-order valence-corrected chi connectivity index (χ3v) is 12.8. The Morgan fingerprint density at radius 2 is 1.84 bits per heavy atom. The summed E-state index contributed by atoms with van der Waals surface area (Å²) in [5.74, 6) is -3.85. The monoisotopic (exact) mass is 856 g/mol. The lowest BCUT2D eigenvalue weighted by molar-refractivity contribution is -0.300. The number of imidazole rings is 1. The van der Waals surface area contributed by atoms with E-state index in [-0.39, 0.29) is 18.7 Å². The molecule has 0 aromatic carbocycles. The highest BCUT2D eigenvalue weighted by atomic mass is 16.7. The lowest BCUT2D eigenvalue weighted by Crippen LogP contribution is -2.63. The predicted octanol–water partition coefficient (Wildman–Crippen LogP) is 4.00. The molecule has 0 aliphatic carbocycles. The van der Waals surface area contributed by atoms with Crippen molar-refractivity contribution in [1.29, 1.82) is 0 Å². The number of rotatable bonds is 13.